The predicted octanol–water partition coefficient (Wildman–Crippen LogP) is 2.80. The monoisotopic (exact) mass is 330 g/mol. The summed E-state index contributed by atoms with van der Waals surface area (Å²) in [5.74, 6) is -0.674. The van der Waals surface area contributed by atoms with Crippen LogP contribution < -0.4 is 0 Å². The maximum atomic E-state index is 12.8. The zero-order valence-corrected chi connectivity index (χ0v) is 12.9. The molecule has 22 heavy (non-hydrogen) atoms. The number of aromatic nitrogens is 6. The molecule has 0 aliphatic heterocycles. The average Bonchev–Trinajstić information content (AvgIpc) is 2.99. The van der Waals surface area contributed by atoms with E-state index in [-0.39, 0.29) is 4.96 Å². The second-order valence-corrected chi connectivity index (χ2v) is 6.32. The van der Waals surface area contributed by atoms with E-state index < -0.39 is 12.0 Å². The van der Waals surface area contributed by atoms with Crippen LogP contribution in [-0.2, 0) is 19.6 Å². The zero-order chi connectivity index (χ0) is 16.1. The van der Waals surface area contributed by atoms with Crippen molar-refractivity contribution in [3.63, 3.8) is 0 Å². The van der Waals surface area contributed by atoms with Crippen LogP contribution in [0.2, 0.25) is 0 Å². The van der Waals surface area contributed by atoms with Gasteiger partial charge in [0.1, 0.15) is 0 Å². The minimum absolute atomic E-state index is 0.105. The number of nitrogens with zero attached hydrogens (tertiary/aromatic N) is 6. The average molecular weight is 330 g/mol. The Labute approximate surface area is 127 Å². The Hall–Kier alpha value is -1.97. The molecule has 6 nitrogen and oxygen atoms in total. The molecule has 0 atom stereocenters. The van der Waals surface area contributed by atoms with Crippen molar-refractivity contribution in [3.05, 3.63) is 17.6 Å². The fourth-order valence-electron chi connectivity index (χ4n) is 2.14. The highest BCUT2D eigenvalue weighted by Gasteiger charge is 2.38. The molecule has 10 heteroatoms. The molecule has 0 saturated carbocycles. The minimum atomic E-state index is -4.58. The molecule has 0 bridgehead atoms. The number of fused-ring (bicyclic) bond motifs is 1. The molecular weight excluding hydrogens is 317 g/mol. The van der Waals surface area contributed by atoms with Gasteiger partial charge in [-0.05, 0) is 18.4 Å². The van der Waals surface area contributed by atoms with Crippen LogP contribution in [0.25, 0.3) is 15.7 Å². The van der Waals surface area contributed by atoms with Gasteiger partial charge in [-0.1, -0.05) is 25.2 Å². The summed E-state index contributed by atoms with van der Waals surface area (Å²) in [4.78, 5) is 0.105. The van der Waals surface area contributed by atoms with Crippen LogP contribution in [0.4, 0.5) is 13.2 Å². The number of aryl methyl sites for hydroxylation is 1. The number of alkyl halides is 3. The first kappa shape index (κ1) is 14.9. The molecule has 0 aromatic carbocycles. The molecule has 0 spiro atoms. The van der Waals surface area contributed by atoms with Crippen LogP contribution in [0.5, 0.6) is 0 Å². The van der Waals surface area contributed by atoms with E-state index in [2.05, 4.69) is 34.2 Å². The van der Waals surface area contributed by atoms with E-state index >= 15 is 0 Å². The van der Waals surface area contributed by atoms with Crippen LogP contribution in [0.3, 0.4) is 0 Å². The highest BCUT2D eigenvalue weighted by Crippen LogP contribution is 2.31. The van der Waals surface area contributed by atoms with E-state index in [4.69, 9.17) is 0 Å². The van der Waals surface area contributed by atoms with Gasteiger partial charge in [0.05, 0.1) is 11.4 Å². The van der Waals surface area contributed by atoms with Crippen molar-refractivity contribution in [1.82, 2.24) is 29.6 Å². The van der Waals surface area contributed by atoms with Gasteiger partial charge in [-0.15, -0.1) is 10.2 Å². The van der Waals surface area contributed by atoms with Gasteiger partial charge in [0.2, 0.25) is 4.96 Å². The first-order chi connectivity index (χ1) is 10.3. The van der Waals surface area contributed by atoms with Gasteiger partial charge < -0.3 is 0 Å². The molecule has 118 valence electrons. The quantitative estimate of drug-likeness (QED) is 0.741. The first-order valence-corrected chi connectivity index (χ1v) is 7.40. The van der Waals surface area contributed by atoms with Crippen molar-refractivity contribution < 1.29 is 13.2 Å². The highest BCUT2D eigenvalue weighted by atomic mass is 32.1. The summed E-state index contributed by atoms with van der Waals surface area (Å²) in [6.45, 7) is 4.15. The lowest BCUT2D eigenvalue weighted by atomic mass is 10.1. The number of hydrogen-bond donors (Lipinski definition) is 0. The van der Waals surface area contributed by atoms with Gasteiger partial charge in [0.15, 0.2) is 5.01 Å². The Kier molecular flexibility index (Phi) is 3.42. The molecule has 3 rings (SSSR count). The summed E-state index contributed by atoms with van der Waals surface area (Å²) in [5.41, 5.74) is 1.55. The van der Waals surface area contributed by atoms with Crippen LogP contribution >= 0.6 is 11.3 Å². The van der Waals surface area contributed by atoms with Gasteiger partial charge >= 0.3 is 6.18 Å². The van der Waals surface area contributed by atoms with Crippen molar-refractivity contribution in [2.45, 2.75) is 26.4 Å². The highest BCUT2D eigenvalue weighted by molar-refractivity contribution is 7.19. The molecule has 0 radical (unpaired) electrons. The van der Waals surface area contributed by atoms with E-state index in [0.717, 1.165) is 28.0 Å². The molecule has 0 aliphatic carbocycles. The summed E-state index contributed by atoms with van der Waals surface area (Å²) in [6.07, 6.45) is -3.79. The van der Waals surface area contributed by atoms with E-state index in [9.17, 15) is 13.2 Å². The standard InChI is InChI=1S/C12H13F3N6S/c1-6(2)4-7-5-8(20(3)18-7)9-19-21-10(12(13,14)15)16-17-11(21)22-9/h5-6H,4H2,1-3H3. The normalized spacial score (nSPS) is 12.7. The van der Waals surface area contributed by atoms with E-state index in [1.807, 2.05) is 6.07 Å². The van der Waals surface area contributed by atoms with Crippen molar-refractivity contribution in [2.75, 3.05) is 0 Å². The van der Waals surface area contributed by atoms with Gasteiger partial charge in [-0.3, -0.25) is 4.68 Å². The second kappa shape index (κ2) is 5.04. The Balaban J connectivity index is 2.04. The Morgan fingerprint density at radius 2 is 1.95 bits per heavy atom. The third-order valence-corrected chi connectivity index (χ3v) is 3.93. The minimum Gasteiger partial charge on any atom is -0.265 e. The van der Waals surface area contributed by atoms with Crippen molar-refractivity contribution in [3.8, 4) is 10.7 Å². The van der Waals surface area contributed by atoms with Crippen LogP contribution in [0.1, 0.15) is 25.4 Å². The molecule has 0 amide bonds. The number of halogens is 3. The lowest BCUT2D eigenvalue weighted by Gasteiger charge is -2.00. The Morgan fingerprint density at radius 3 is 2.59 bits per heavy atom. The molecule has 0 unspecified atom stereocenters. The summed E-state index contributed by atoms with van der Waals surface area (Å²) in [6, 6.07) is 1.85. The van der Waals surface area contributed by atoms with Gasteiger partial charge in [0.25, 0.3) is 5.82 Å². The Morgan fingerprint density at radius 1 is 1.23 bits per heavy atom. The molecule has 0 fully saturated rings. The topological polar surface area (TPSA) is 60.9 Å². The summed E-state index contributed by atoms with van der Waals surface area (Å²) in [7, 11) is 1.74. The molecule has 3 heterocycles. The molecule has 3 aromatic heterocycles. The van der Waals surface area contributed by atoms with Crippen molar-refractivity contribution in [1.29, 1.82) is 0 Å². The number of hydrogen-bond acceptors (Lipinski definition) is 5. The van der Waals surface area contributed by atoms with Crippen molar-refractivity contribution >= 4 is 16.3 Å². The van der Waals surface area contributed by atoms with E-state index in [1.165, 1.54) is 0 Å². The van der Waals surface area contributed by atoms with Crippen LogP contribution in [-0.4, -0.2) is 29.6 Å². The van der Waals surface area contributed by atoms with Crippen LogP contribution in [0, 0.1) is 5.92 Å². The van der Waals surface area contributed by atoms with E-state index in [1.54, 1.807) is 11.7 Å². The summed E-state index contributed by atoms with van der Waals surface area (Å²) >= 11 is 1.05. The largest absolute Gasteiger partial charge is 0.453 e. The van der Waals surface area contributed by atoms with Crippen LogP contribution in [0.15, 0.2) is 6.07 Å². The third kappa shape index (κ3) is 2.58. The zero-order valence-electron chi connectivity index (χ0n) is 12.1. The lowest BCUT2D eigenvalue weighted by molar-refractivity contribution is -0.146. The fraction of sp³-hybridized carbons (Fsp3) is 0.500. The molecule has 3 aromatic rings. The first-order valence-electron chi connectivity index (χ1n) is 6.58. The van der Waals surface area contributed by atoms with Crippen molar-refractivity contribution in [2.24, 2.45) is 13.0 Å². The molecule has 0 aliphatic rings. The van der Waals surface area contributed by atoms with Gasteiger partial charge in [0, 0.05) is 7.05 Å². The second-order valence-electron chi connectivity index (χ2n) is 5.37. The smallest absolute Gasteiger partial charge is 0.265 e. The summed E-state index contributed by atoms with van der Waals surface area (Å²) in [5, 5.41) is 15.5. The predicted molar refractivity (Wildman–Crippen MR) is 74.4 cm³/mol. The fourth-order valence-corrected chi connectivity index (χ4v) is 3.03. The lowest BCUT2D eigenvalue weighted by Crippen LogP contribution is -2.11. The third-order valence-electron chi connectivity index (χ3n) is 3.01. The maximum Gasteiger partial charge on any atom is 0.453 e. The van der Waals surface area contributed by atoms with Gasteiger partial charge in [-0.2, -0.15) is 27.9 Å². The summed E-state index contributed by atoms with van der Waals surface area (Å²) < 4.78 is 40.8. The molecule has 0 N–H and O–H groups in total. The SMILES string of the molecule is CC(C)Cc1cc(-c2nn3c(C(F)(F)F)nnc3s2)n(C)n1. The number of rotatable bonds is 3. The van der Waals surface area contributed by atoms with Gasteiger partial charge in [-0.25, -0.2) is 0 Å². The molecule has 0 saturated heterocycles. The maximum absolute atomic E-state index is 12.8. The Bertz CT molecular complexity index is 813. The van der Waals surface area contributed by atoms with E-state index in [0.29, 0.717) is 16.6 Å². The molecular formula is C12H13F3N6S.